The molecule has 6 heteroatoms. The first kappa shape index (κ1) is 63.6. The Morgan fingerprint density at radius 2 is 0.545 bits per heavy atom. The maximum absolute atomic E-state index is 12.8. The number of carbonyl (C=O) groups is 3. The number of hydrogen-bond acceptors (Lipinski definition) is 6. The van der Waals surface area contributed by atoms with E-state index in [0.29, 0.717) is 19.3 Å². The van der Waals surface area contributed by atoms with Crippen LogP contribution in [0.1, 0.15) is 310 Å². The second-order valence-electron chi connectivity index (χ2n) is 19.6. The molecule has 6 nitrogen and oxygen atoms in total. The van der Waals surface area contributed by atoms with Crippen molar-refractivity contribution in [3.8, 4) is 0 Å². The fourth-order valence-corrected chi connectivity index (χ4v) is 8.49. The zero-order valence-electron chi connectivity index (χ0n) is 44.2. The summed E-state index contributed by atoms with van der Waals surface area (Å²) in [6, 6.07) is 0. The molecule has 0 aliphatic heterocycles. The van der Waals surface area contributed by atoms with Gasteiger partial charge in [-0.15, -0.1) is 0 Å². The number of esters is 3. The topological polar surface area (TPSA) is 78.9 Å². The molecule has 0 aliphatic carbocycles. The Kier molecular flexibility index (Phi) is 53.2. The van der Waals surface area contributed by atoms with Crippen LogP contribution in [0.15, 0.2) is 36.5 Å². The Bertz CT molecular complexity index is 1110. The van der Waals surface area contributed by atoms with Crippen molar-refractivity contribution in [3.05, 3.63) is 36.5 Å². The van der Waals surface area contributed by atoms with Crippen LogP contribution in [0.4, 0.5) is 0 Å². The van der Waals surface area contributed by atoms with Crippen molar-refractivity contribution >= 4 is 17.9 Å². The summed E-state index contributed by atoms with van der Waals surface area (Å²) >= 11 is 0. The van der Waals surface area contributed by atoms with Gasteiger partial charge in [-0.05, 0) is 70.6 Å². The first-order valence-corrected chi connectivity index (χ1v) is 29.0. The van der Waals surface area contributed by atoms with Crippen LogP contribution in [0.5, 0.6) is 0 Å². The zero-order chi connectivity index (χ0) is 47.9. The van der Waals surface area contributed by atoms with Gasteiger partial charge in [-0.1, -0.05) is 256 Å². The molecule has 0 aromatic carbocycles. The molecule has 0 bridgehead atoms. The molecule has 0 aromatic heterocycles. The van der Waals surface area contributed by atoms with Gasteiger partial charge in [-0.25, -0.2) is 0 Å². The third-order valence-electron chi connectivity index (χ3n) is 12.9. The Hall–Kier alpha value is -2.37. The fourth-order valence-electron chi connectivity index (χ4n) is 8.49. The summed E-state index contributed by atoms with van der Waals surface area (Å²) in [5.41, 5.74) is 0. The zero-order valence-corrected chi connectivity index (χ0v) is 44.2. The summed E-state index contributed by atoms with van der Waals surface area (Å²) < 4.78 is 16.8. The van der Waals surface area contributed by atoms with Crippen LogP contribution in [0.2, 0.25) is 0 Å². The highest BCUT2D eigenvalue weighted by Gasteiger charge is 2.19. The summed E-state index contributed by atoms with van der Waals surface area (Å²) in [5, 5.41) is 0. The smallest absolute Gasteiger partial charge is 0.306 e. The van der Waals surface area contributed by atoms with Crippen LogP contribution in [0, 0.1) is 0 Å². The second-order valence-corrected chi connectivity index (χ2v) is 19.6. The van der Waals surface area contributed by atoms with Crippen molar-refractivity contribution in [3.63, 3.8) is 0 Å². The Morgan fingerprint density at radius 1 is 0.303 bits per heavy atom. The van der Waals surface area contributed by atoms with Gasteiger partial charge in [0, 0.05) is 19.3 Å². The van der Waals surface area contributed by atoms with Gasteiger partial charge in [0.25, 0.3) is 0 Å². The number of unbranched alkanes of at least 4 members (excludes halogenated alkanes) is 37. The summed E-state index contributed by atoms with van der Waals surface area (Å²) in [5.74, 6) is -0.910. The first-order valence-electron chi connectivity index (χ1n) is 29.0. The highest BCUT2D eigenvalue weighted by atomic mass is 16.6. The standard InChI is InChI=1S/C60H110O6/c1-4-7-10-13-16-19-22-25-28-30-31-33-35-38-41-44-47-50-53-59(62)65-56-57(55-64-58(61)52-49-46-43-40-37-34-27-24-21-18-15-12-9-6-3)66-60(63)54-51-48-45-42-39-36-32-29-26-23-20-17-14-11-8-5-2/h29,32,34,36-37,39,57H,4-28,30-31,33,35,38,40-56H2,1-3H3/b32-29-,37-34-,39-36-. The molecule has 386 valence electrons. The minimum atomic E-state index is -0.789. The van der Waals surface area contributed by atoms with Gasteiger partial charge in [0.15, 0.2) is 6.10 Å². The van der Waals surface area contributed by atoms with Gasteiger partial charge >= 0.3 is 17.9 Å². The van der Waals surface area contributed by atoms with Gasteiger partial charge in [0.2, 0.25) is 0 Å². The van der Waals surface area contributed by atoms with E-state index in [1.54, 1.807) is 0 Å². The van der Waals surface area contributed by atoms with Crippen molar-refractivity contribution < 1.29 is 28.6 Å². The van der Waals surface area contributed by atoms with Gasteiger partial charge in [-0.3, -0.25) is 14.4 Å². The lowest BCUT2D eigenvalue weighted by atomic mass is 10.0. The number of hydrogen-bond donors (Lipinski definition) is 0. The monoisotopic (exact) mass is 927 g/mol. The minimum absolute atomic E-state index is 0.0840. The number of allylic oxidation sites excluding steroid dienone is 6. The lowest BCUT2D eigenvalue weighted by molar-refractivity contribution is -0.167. The average Bonchev–Trinajstić information content (AvgIpc) is 3.31. The molecular weight excluding hydrogens is 817 g/mol. The van der Waals surface area contributed by atoms with Crippen LogP contribution in [0.3, 0.4) is 0 Å². The molecule has 0 spiro atoms. The van der Waals surface area contributed by atoms with E-state index in [1.165, 1.54) is 186 Å². The van der Waals surface area contributed by atoms with Crippen molar-refractivity contribution in [2.45, 2.75) is 316 Å². The number of rotatable bonds is 53. The highest BCUT2D eigenvalue weighted by molar-refractivity contribution is 5.71. The molecule has 0 radical (unpaired) electrons. The van der Waals surface area contributed by atoms with E-state index in [4.69, 9.17) is 14.2 Å². The minimum Gasteiger partial charge on any atom is -0.462 e. The predicted octanol–water partition coefficient (Wildman–Crippen LogP) is 19.3. The molecule has 0 aromatic rings. The molecule has 0 N–H and O–H groups in total. The normalized spacial score (nSPS) is 12.2. The predicted molar refractivity (Wildman–Crippen MR) is 284 cm³/mol. The molecule has 0 saturated carbocycles. The first-order chi connectivity index (χ1) is 32.5. The molecule has 0 fully saturated rings. The van der Waals surface area contributed by atoms with Crippen molar-refractivity contribution in [1.29, 1.82) is 0 Å². The SMILES string of the molecule is CCCCCCCCC/C=C\C=C/CCCCCC(=O)OC(COC(=O)CCCCC/C=C\CCCCCCCCC)COC(=O)CCCCCCCCCCCCCCCCCCCC. The van der Waals surface area contributed by atoms with Crippen molar-refractivity contribution in [1.82, 2.24) is 0 Å². The molecule has 1 atom stereocenters. The Morgan fingerprint density at radius 3 is 0.864 bits per heavy atom. The van der Waals surface area contributed by atoms with Crippen LogP contribution in [-0.2, 0) is 28.6 Å². The lowest BCUT2D eigenvalue weighted by Crippen LogP contribution is -2.30. The van der Waals surface area contributed by atoms with Gasteiger partial charge in [0.1, 0.15) is 13.2 Å². The summed E-state index contributed by atoms with van der Waals surface area (Å²) in [7, 11) is 0. The van der Waals surface area contributed by atoms with Crippen LogP contribution in [0.25, 0.3) is 0 Å². The lowest BCUT2D eigenvalue weighted by Gasteiger charge is -2.18. The molecule has 1 unspecified atom stereocenters. The Balaban J connectivity index is 4.38. The van der Waals surface area contributed by atoms with Crippen molar-refractivity contribution in [2.24, 2.45) is 0 Å². The maximum Gasteiger partial charge on any atom is 0.306 e. The van der Waals surface area contributed by atoms with E-state index >= 15 is 0 Å². The fraction of sp³-hybridized carbons (Fsp3) is 0.850. The van der Waals surface area contributed by atoms with E-state index in [2.05, 4.69) is 57.2 Å². The highest BCUT2D eigenvalue weighted by Crippen LogP contribution is 2.16. The average molecular weight is 928 g/mol. The van der Waals surface area contributed by atoms with E-state index in [9.17, 15) is 14.4 Å². The Labute approximate surface area is 410 Å². The van der Waals surface area contributed by atoms with Gasteiger partial charge < -0.3 is 14.2 Å². The summed E-state index contributed by atoms with van der Waals surface area (Å²) in [6.45, 7) is 6.64. The molecule has 0 saturated heterocycles. The third-order valence-corrected chi connectivity index (χ3v) is 12.9. The molecule has 0 amide bonds. The molecule has 0 heterocycles. The van der Waals surface area contributed by atoms with Crippen LogP contribution in [-0.4, -0.2) is 37.2 Å². The van der Waals surface area contributed by atoms with Crippen LogP contribution >= 0.6 is 0 Å². The van der Waals surface area contributed by atoms with Gasteiger partial charge in [-0.2, -0.15) is 0 Å². The summed E-state index contributed by atoms with van der Waals surface area (Å²) in [4.78, 5) is 38.1. The molecular formula is C60H110O6. The number of carbonyl (C=O) groups excluding carboxylic acids is 3. The largest absolute Gasteiger partial charge is 0.462 e. The number of ether oxygens (including phenoxy) is 3. The van der Waals surface area contributed by atoms with E-state index in [1.807, 2.05) is 0 Å². The molecule has 0 rings (SSSR count). The van der Waals surface area contributed by atoms with Gasteiger partial charge in [0.05, 0.1) is 0 Å². The maximum atomic E-state index is 12.8. The van der Waals surface area contributed by atoms with Crippen LogP contribution < -0.4 is 0 Å². The second kappa shape index (κ2) is 55.2. The third kappa shape index (κ3) is 52.6. The molecule has 66 heavy (non-hydrogen) atoms. The molecule has 0 aliphatic rings. The van der Waals surface area contributed by atoms with E-state index in [-0.39, 0.29) is 31.1 Å². The van der Waals surface area contributed by atoms with E-state index < -0.39 is 6.10 Å². The van der Waals surface area contributed by atoms with E-state index in [0.717, 1.165) is 83.5 Å². The summed E-state index contributed by atoms with van der Waals surface area (Å²) in [6.07, 6.45) is 65.7. The van der Waals surface area contributed by atoms with Crippen molar-refractivity contribution in [2.75, 3.05) is 13.2 Å². The quantitative estimate of drug-likeness (QED) is 0.0199.